The smallest absolute Gasteiger partial charge is 0.295 e. The van der Waals surface area contributed by atoms with Gasteiger partial charge in [-0.25, -0.2) is 5.06 Å². The molecular weight excluding hydrogens is 272 g/mol. The van der Waals surface area contributed by atoms with E-state index in [0.717, 1.165) is 0 Å². The highest BCUT2D eigenvalue weighted by molar-refractivity contribution is 6.33. The molecule has 0 radical (unpaired) electrons. The van der Waals surface area contributed by atoms with Crippen molar-refractivity contribution >= 4 is 29.7 Å². The number of nitrogens with zero attached hydrogens (tertiary/aromatic N) is 2. The number of benzene rings is 1. The monoisotopic (exact) mass is 282 g/mol. The summed E-state index contributed by atoms with van der Waals surface area (Å²) in [5.41, 5.74) is 0.644. The number of aldehydes is 1. The van der Waals surface area contributed by atoms with Gasteiger partial charge in [0.2, 0.25) is 0 Å². The number of hydroxylamine groups is 2. The lowest BCUT2D eigenvalue weighted by molar-refractivity contribution is -0.385. The number of rotatable bonds is 4. The van der Waals surface area contributed by atoms with Crippen molar-refractivity contribution in [1.82, 2.24) is 5.06 Å². The van der Waals surface area contributed by atoms with Crippen LogP contribution in [0, 0.1) is 10.1 Å². The lowest BCUT2D eigenvalue weighted by Crippen LogP contribution is -2.28. The minimum absolute atomic E-state index is 0.0444. The molecule has 0 aromatic heterocycles. The number of carbonyl (C=O) groups is 1. The molecule has 0 bridgehead atoms. The topological polar surface area (TPSA) is 72.7 Å². The van der Waals surface area contributed by atoms with Gasteiger partial charge < -0.3 is 4.79 Å². The fraction of sp³-hybridized carbons (Fsp3) is 0.250. The van der Waals surface area contributed by atoms with Gasteiger partial charge in [0, 0.05) is 6.20 Å². The Morgan fingerprint density at radius 2 is 2.32 bits per heavy atom. The van der Waals surface area contributed by atoms with E-state index in [1.165, 1.54) is 23.4 Å². The first-order chi connectivity index (χ1) is 9.10. The maximum absolute atomic E-state index is 11.2. The van der Waals surface area contributed by atoms with Gasteiger partial charge in [0.15, 0.2) is 0 Å². The Kier molecular flexibility index (Phi) is 3.82. The van der Waals surface area contributed by atoms with Crippen LogP contribution in [-0.2, 0) is 9.63 Å². The van der Waals surface area contributed by atoms with Crippen LogP contribution in [0.5, 0.6) is 0 Å². The molecular formula is C12H11ClN2O4. The largest absolute Gasteiger partial charge is 0.301 e. The van der Waals surface area contributed by atoms with Crippen LogP contribution >= 0.6 is 11.6 Å². The van der Waals surface area contributed by atoms with Gasteiger partial charge in [0.25, 0.3) is 5.69 Å². The number of carbonyl (C=O) groups excluding carboxylic acids is 1. The number of hydrogen-bond acceptors (Lipinski definition) is 5. The Bertz CT molecular complexity index is 559. The average Bonchev–Trinajstić information content (AvgIpc) is 2.38. The van der Waals surface area contributed by atoms with E-state index in [4.69, 9.17) is 16.4 Å². The first kappa shape index (κ1) is 13.5. The Morgan fingerprint density at radius 1 is 1.58 bits per heavy atom. The molecule has 0 spiro atoms. The van der Waals surface area contributed by atoms with Crippen LogP contribution in [0.25, 0.3) is 6.08 Å². The quantitative estimate of drug-likeness (QED) is 0.482. The van der Waals surface area contributed by atoms with Crippen LogP contribution < -0.4 is 0 Å². The predicted octanol–water partition coefficient (Wildman–Crippen LogP) is 2.73. The van der Waals surface area contributed by atoms with Crippen LogP contribution in [0.4, 0.5) is 5.69 Å². The standard InChI is InChI=1S/C12H11ClN2O4/c1-2-19-14-6-5-9-8(11(14)7-16)3-4-10(13)12(9)15(17)18/h3-7,11H,2H2,1H3. The van der Waals surface area contributed by atoms with Gasteiger partial charge in [-0.3, -0.25) is 15.0 Å². The SMILES string of the molecule is CCON1C=Cc2c(ccc(Cl)c2[N+](=O)[O-])C1C=O. The molecule has 6 nitrogen and oxygen atoms in total. The van der Waals surface area contributed by atoms with Gasteiger partial charge in [0.05, 0.1) is 17.1 Å². The second kappa shape index (κ2) is 5.38. The minimum atomic E-state index is -0.712. The summed E-state index contributed by atoms with van der Waals surface area (Å²) in [6.07, 6.45) is 3.69. The highest BCUT2D eigenvalue weighted by Crippen LogP contribution is 2.38. The molecule has 1 heterocycles. The molecule has 19 heavy (non-hydrogen) atoms. The zero-order chi connectivity index (χ0) is 14.0. The number of hydrogen-bond donors (Lipinski definition) is 0. The summed E-state index contributed by atoms with van der Waals surface area (Å²) in [7, 11) is 0. The van der Waals surface area contributed by atoms with Crippen molar-refractivity contribution in [2.75, 3.05) is 6.61 Å². The lowest BCUT2D eigenvalue weighted by Gasteiger charge is -2.29. The van der Waals surface area contributed by atoms with Crippen molar-refractivity contribution in [1.29, 1.82) is 0 Å². The summed E-state index contributed by atoms with van der Waals surface area (Å²) in [5.74, 6) is 0. The number of nitro benzene ring substituents is 1. The highest BCUT2D eigenvalue weighted by Gasteiger charge is 2.30. The van der Waals surface area contributed by atoms with E-state index in [9.17, 15) is 14.9 Å². The molecule has 1 aliphatic heterocycles. The van der Waals surface area contributed by atoms with Crippen LogP contribution in [-0.4, -0.2) is 22.9 Å². The van der Waals surface area contributed by atoms with Crippen molar-refractivity contribution in [3.8, 4) is 0 Å². The summed E-state index contributed by atoms with van der Waals surface area (Å²) in [4.78, 5) is 27.0. The van der Waals surface area contributed by atoms with Crippen molar-refractivity contribution in [2.45, 2.75) is 13.0 Å². The molecule has 0 amide bonds. The van der Waals surface area contributed by atoms with Gasteiger partial charge in [-0.15, -0.1) is 0 Å². The van der Waals surface area contributed by atoms with Crippen molar-refractivity contribution < 1.29 is 14.6 Å². The van der Waals surface area contributed by atoms with E-state index >= 15 is 0 Å². The fourth-order valence-corrected chi connectivity index (χ4v) is 2.23. The summed E-state index contributed by atoms with van der Waals surface area (Å²) in [6, 6.07) is 2.30. The molecule has 0 saturated carbocycles. The molecule has 0 N–H and O–H groups in total. The Hall–Kier alpha value is -1.92. The molecule has 1 aromatic rings. The highest BCUT2D eigenvalue weighted by atomic mass is 35.5. The maximum atomic E-state index is 11.2. The van der Waals surface area contributed by atoms with Crippen molar-refractivity contribution in [3.63, 3.8) is 0 Å². The van der Waals surface area contributed by atoms with Crippen molar-refractivity contribution in [2.24, 2.45) is 0 Å². The summed E-state index contributed by atoms with van der Waals surface area (Å²) < 4.78 is 0. The number of nitro groups is 1. The molecule has 1 aliphatic rings. The molecule has 0 fully saturated rings. The first-order valence-corrected chi connectivity index (χ1v) is 5.99. The van der Waals surface area contributed by atoms with Gasteiger partial charge >= 0.3 is 0 Å². The number of halogens is 1. The van der Waals surface area contributed by atoms with Crippen LogP contribution in [0.15, 0.2) is 18.3 Å². The van der Waals surface area contributed by atoms with Gasteiger partial charge in [0.1, 0.15) is 17.4 Å². The maximum Gasteiger partial charge on any atom is 0.295 e. The van der Waals surface area contributed by atoms with E-state index in [2.05, 4.69) is 0 Å². The fourth-order valence-electron chi connectivity index (χ4n) is 2.00. The molecule has 100 valence electrons. The van der Waals surface area contributed by atoms with Gasteiger partial charge in [-0.2, -0.15) is 0 Å². The lowest BCUT2D eigenvalue weighted by atomic mass is 9.96. The van der Waals surface area contributed by atoms with E-state index in [0.29, 0.717) is 24.0 Å². The van der Waals surface area contributed by atoms with E-state index in [1.54, 1.807) is 13.0 Å². The van der Waals surface area contributed by atoms with Crippen molar-refractivity contribution in [3.05, 3.63) is 44.6 Å². The summed E-state index contributed by atoms with van der Waals surface area (Å²) in [5, 5.41) is 12.5. The number of fused-ring (bicyclic) bond motifs is 1. The second-order valence-electron chi connectivity index (χ2n) is 3.83. The molecule has 7 heteroatoms. The molecule has 1 atom stereocenters. The minimum Gasteiger partial charge on any atom is -0.301 e. The first-order valence-electron chi connectivity index (χ1n) is 5.61. The zero-order valence-corrected chi connectivity index (χ0v) is 10.8. The Morgan fingerprint density at radius 3 is 2.89 bits per heavy atom. The van der Waals surface area contributed by atoms with Gasteiger partial charge in [-0.05, 0) is 24.6 Å². The van der Waals surface area contributed by atoms with E-state index < -0.39 is 11.0 Å². The zero-order valence-electron chi connectivity index (χ0n) is 10.1. The third-order valence-corrected chi connectivity index (χ3v) is 3.08. The third kappa shape index (κ3) is 2.32. The predicted molar refractivity (Wildman–Crippen MR) is 69.4 cm³/mol. The second-order valence-corrected chi connectivity index (χ2v) is 4.24. The van der Waals surface area contributed by atoms with Crippen LogP contribution in [0.3, 0.4) is 0 Å². The Balaban J connectivity index is 2.58. The molecule has 2 rings (SSSR count). The summed E-state index contributed by atoms with van der Waals surface area (Å²) in [6.45, 7) is 2.18. The molecule has 1 aromatic carbocycles. The van der Waals surface area contributed by atoms with Crippen LogP contribution in [0.2, 0.25) is 5.02 Å². The van der Waals surface area contributed by atoms with Gasteiger partial charge in [-0.1, -0.05) is 17.7 Å². The molecule has 1 unspecified atom stereocenters. The molecule has 0 saturated heterocycles. The van der Waals surface area contributed by atoms with E-state index in [-0.39, 0.29) is 10.7 Å². The summed E-state index contributed by atoms with van der Waals surface area (Å²) >= 11 is 5.84. The third-order valence-electron chi connectivity index (χ3n) is 2.77. The molecule has 0 aliphatic carbocycles. The van der Waals surface area contributed by atoms with E-state index in [1.807, 2.05) is 0 Å². The normalized spacial score (nSPS) is 17.2. The van der Waals surface area contributed by atoms with Crippen LogP contribution in [0.1, 0.15) is 24.1 Å². The average molecular weight is 283 g/mol. The Labute approximate surface area is 114 Å².